The van der Waals surface area contributed by atoms with E-state index in [0.717, 1.165) is 18.4 Å². The Kier molecular flexibility index (Phi) is 7.15. The van der Waals surface area contributed by atoms with Crippen molar-refractivity contribution in [2.75, 3.05) is 13.1 Å². The average Bonchev–Trinajstić information content (AvgIpc) is 2.72. The Morgan fingerprint density at radius 3 is 2.55 bits per heavy atom. The molecule has 6 heteroatoms. The van der Waals surface area contributed by atoms with Gasteiger partial charge in [-0.15, -0.1) is 0 Å². The van der Waals surface area contributed by atoms with Gasteiger partial charge < -0.3 is 15.0 Å². The fourth-order valence-electron chi connectivity index (χ4n) is 3.40. The molecular formula is C23H27ClN2O3. The van der Waals surface area contributed by atoms with Crippen LogP contribution in [0.5, 0.6) is 5.75 Å². The standard InChI is InChI=1S/C23H27ClN2O3/c1-16(2)23(28)26-11-9-20(10-12-26)25-22(27)18-6-4-8-21(14-18)29-15-17-5-3-7-19(24)13-17/h3-8,13-14,16,20H,9-12,15H2,1-2H3,(H,25,27). The molecule has 0 spiro atoms. The second-order valence-electron chi connectivity index (χ2n) is 7.67. The van der Waals surface area contributed by atoms with Crippen LogP contribution < -0.4 is 10.1 Å². The highest BCUT2D eigenvalue weighted by Gasteiger charge is 2.25. The topological polar surface area (TPSA) is 58.6 Å². The monoisotopic (exact) mass is 414 g/mol. The Hall–Kier alpha value is -2.53. The maximum absolute atomic E-state index is 12.6. The number of amides is 2. The predicted molar refractivity (Wildman–Crippen MR) is 114 cm³/mol. The van der Waals surface area contributed by atoms with Gasteiger partial charge in [0.1, 0.15) is 12.4 Å². The van der Waals surface area contributed by atoms with Gasteiger partial charge in [0.2, 0.25) is 5.91 Å². The van der Waals surface area contributed by atoms with Gasteiger partial charge in [-0.3, -0.25) is 9.59 Å². The van der Waals surface area contributed by atoms with Gasteiger partial charge in [-0.25, -0.2) is 0 Å². The number of nitrogens with one attached hydrogen (secondary N) is 1. The number of benzene rings is 2. The van der Waals surface area contributed by atoms with Gasteiger partial charge in [0.25, 0.3) is 5.91 Å². The molecule has 5 nitrogen and oxygen atoms in total. The van der Waals surface area contributed by atoms with Crippen LogP contribution in [-0.4, -0.2) is 35.8 Å². The lowest BCUT2D eigenvalue weighted by atomic mass is 10.0. The molecule has 0 radical (unpaired) electrons. The van der Waals surface area contributed by atoms with Crippen molar-refractivity contribution in [3.8, 4) is 5.75 Å². The van der Waals surface area contributed by atoms with E-state index in [0.29, 0.717) is 36.0 Å². The molecule has 0 atom stereocenters. The van der Waals surface area contributed by atoms with E-state index >= 15 is 0 Å². The van der Waals surface area contributed by atoms with Crippen LogP contribution in [0.3, 0.4) is 0 Å². The second-order valence-corrected chi connectivity index (χ2v) is 8.11. The molecule has 1 N–H and O–H groups in total. The zero-order valence-corrected chi connectivity index (χ0v) is 17.6. The minimum Gasteiger partial charge on any atom is -0.489 e. The third kappa shape index (κ3) is 5.97. The molecule has 0 unspecified atom stereocenters. The third-order valence-electron chi connectivity index (χ3n) is 5.03. The second kappa shape index (κ2) is 9.79. The number of rotatable bonds is 6. The zero-order chi connectivity index (χ0) is 20.8. The lowest BCUT2D eigenvalue weighted by Crippen LogP contribution is -2.47. The Morgan fingerprint density at radius 1 is 1.14 bits per heavy atom. The fraction of sp³-hybridized carbons (Fsp3) is 0.391. The Morgan fingerprint density at radius 2 is 1.86 bits per heavy atom. The van der Waals surface area contributed by atoms with Crippen LogP contribution in [-0.2, 0) is 11.4 Å². The van der Waals surface area contributed by atoms with E-state index < -0.39 is 0 Å². The maximum atomic E-state index is 12.6. The highest BCUT2D eigenvalue weighted by Crippen LogP contribution is 2.18. The van der Waals surface area contributed by atoms with E-state index in [1.54, 1.807) is 12.1 Å². The first kappa shape index (κ1) is 21.2. The molecule has 29 heavy (non-hydrogen) atoms. The van der Waals surface area contributed by atoms with Crippen LogP contribution in [0.15, 0.2) is 48.5 Å². The van der Waals surface area contributed by atoms with Crippen LogP contribution >= 0.6 is 11.6 Å². The fourth-order valence-corrected chi connectivity index (χ4v) is 3.61. The number of carbonyl (C=O) groups excluding carboxylic acids is 2. The van der Waals surface area contributed by atoms with Gasteiger partial charge >= 0.3 is 0 Å². The number of carbonyl (C=O) groups is 2. The predicted octanol–water partition coefficient (Wildman–Crippen LogP) is 4.30. The van der Waals surface area contributed by atoms with E-state index in [-0.39, 0.29) is 23.8 Å². The van der Waals surface area contributed by atoms with Gasteiger partial charge in [-0.1, -0.05) is 43.6 Å². The van der Waals surface area contributed by atoms with Gasteiger partial charge in [-0.05, 0) is 48.7 Å². The van der Waals surface area contributed by atoms with Crippen molar-refractivity contribution in [3.05, 3.63) is 64.7 Å². The van der Waals surface area contributed by atoms with Crippen molar-refractivity contribution in [2.45, 2.75) is 39.3 Å². The maximum Gasteiger partial charge on any atom is 0.251 e. The first-order valence-electron chi connectivity index (χ1n) is 9.99. The highest BCUT2D eigenvalue weighted by atomic mass is 35.5. The summed E-state index contributed by atoms with van der Waals surface area (Å²) in [4.78, 5) is 26.6. The van der Waals surface area contributed by atoms with Gasteiger partial charge in [0.15, 0.2) is 0 Å². The number of nitrogens with zero attached hydrogens (tertiary/aromatic N) is 1. The molecular weight excluding hydrogens is 388 g/mol. The van der Waals surface area contributed by atoms with E-state index in [1.807, 2.05) is 55.1 Å². The Balaban J connectivity index is 1.52. The summed E-state index contributed by atoms with van der Waals surface area (Å²) >= 11 is 6.00. The summed E-state index contributed by atoms with van der Waals surface area (Å²) < 4.78 is 5.81. The van der Waals surface area contributed by atoms with Crippen LogP contribution in [0.25, 0.3) is 0 Å². The van der Waals surface area contributed by atoms with E-state index in [2.05, 4.69) is 5.32 Å². The molecule has 1 saturated heterocycles. The molecule has 2 amide bonds. The van der Waals surface area contributed by atoms with Crippen LogP contribution in [0, 0.1) is 5.92 Å². The van der Waals surface area contributed by atoms with Crippen molar-refractivity contribution >= 4 is 23.4 Å². The van der Waals surface area contributed by atoms with Crippen molar-refractivity contribution < 1.29 is 14.3 Å². The minimum atomic E-state index is -0.119. The molecule has 0 saturated carbocycles. The lowest BCUT2D eigenvalue weighted by molar-refractivity contribution is -0.135. The van der Waals surface area contributed by atoms with E-state index in [1.165, 1.54) is 0 Å². The summed E-state index contributed by atoms with van der Waals surface area (Å²) in [5.74, 6) is 0.705. The molecule has 2 aromatic carbocycles. The molecule has 3 rings (SSSR count). The average molecular weight is 415 g/mol. The van der Waals surface area contributed by atoms with E-state index in [4.69, 9.17) is 16.3 Å². The molecule has 2 aromatic rings. The molecule has 0 bridgehead atoms. The Labute approximate surface area is 177 Å². The quantitative estimate of drug-likeness (QED) is 0.766. The summed E-state index contributed by atoms with van der Waals surface area (Å²) in [5.41, 5.74) is 1.53. The molecule has 1 fully saturated rings. The number of hydrogen-bond acceptors (Lipinski definition) is 3. The normalized spacial score (nSPS) is 14.7. The number of likely N-dealkylation sites (tertiary alicyclic amines) is 1. The van der Waals surface area contributed by atoms with Crippen molar-refractivity contribution in [1.29, 1.82) is 0 Å². The van der Waals surface area contributed by atoms with E-state index in [9.17, 15) is 9.59 Å². The van der Waals surface area contributed by atoms with Gasteiger partial charge in [0, 0.05) is 35.6 Å². The third-order valence-corrected chi connectivity index (χ3v) is 5.26. The minimum absolute atomic E-state index is 0.00999. The van der Waals surface area contributed by atoms with Crippen LogP contribution in [0.4, 0.5) is 0 Å². The number of ether oxygens (including phenoxy) is 1. The summed E-state index contributed by atoms with van der Waals surface area (Å²) in [5, 5.41) is 3.75. The SMILES string of the molecule is CC(C)C(=O)N1CCC(NC(=O)c2cccc(OCc3cccc(Cl)c3)c2)CC1. The molecule has 154 valence electrons. The summed E-state index contributed by atoms with van der Waals surface area (Å²) in [6.45, 7) is 5.58. The molecule has 1 aliphatic rings. The lowest BCUT2D eigenvalue weighted by Gasteiger charge is -2.33. The Bertz CT molecular complexity index is 861. The number of piperidine rings is 1. The van der Waals surface area contributed by atoms with Crippen LogP contribution in [0.2, 0.25) is 5.02 Å². The van der Waals surface area contributed by atoms with Crippen molar-refractivity contribution in [3.63, 3.8) is 0 Å². The summed E-state index contributed by atoms with van der Waals surface area (Å²) in [6, 6.07) is 14.7. The molecule has 1 aliphatic heterocycles. The van der Waals surface area contributed by atoms with Gasteiger partial charge in [0.05, 0.1) is 0 Å². The zero-order valence-electron chi connectivity index (χ0n) is 16.9. The summed E-state index contributed by atoms with van der Waals surface area (Å²) in [7, 11) is 0. The largest absolute Gasteiger partial charge is 0.489 e. The highest BCUT2D eigenvalue weighted by molar-refractivity contribution is 6.30. The molecule has 1 heterocycles. The summed E-state index contributed by atoms with van der Waals surface area (Å²) in [6.07, 6.45) is 1.55. The first-order valence-corrected chi connectivity index (χ1v) is 10.4. The van der Waals surface area contributed by atoms with Crippen LogP contribution in [0.1, 0.15) is 42.6 Å². The number of hydrogen-bond donors (Lipinski definition) is 1. The van der Waals surface area contributed by atoms with Crippen molar-refractivity contribution in [1.82, 2.24) is 10.2 Å². The van der Waals surface area contributed by atoms with Gasteiger partial charge in [-0.2, -0.15) is 0 Å². The molecule has 0 aromatic heterocycles. The van der Waals surface area contributed by atoms with Crippen molar-refractivity contribution in [2.24, 2.45) is 5.92 Å². The molecule has 0 aliphatic carbocycles. The smallest absolute Gasteiger partial charge is 0.251 e. The number of halogens is 1. The first-order chi connectivity index (χ1) is 13.9.